The Hall–Kier alpha value is -3.02. The van der Waals surface area contributed by atoms with Crippen LogP contribution in [-0.2, 0) is 0 Å². The van der Waals surface area contributed by atoms with E-state index in [-0.39, 0.29) is 11.7 Å². The molecule has 1 aliphatic rings. The number of anilines is 1. The second kappa shape index (κ2) is 9.45. The predicted molar refractivity (Wildman–Crippen MR) is 113 cm³/mol. The zero-order chi connectivity index (χ0) is 20.8. The van der Waals surface area contributed by atoms with Crippen molar-refractivity contribution in [2.75, 3.05) is 44.3 Å². The van der Waals surface area contributed by atoms with Crippen LogP contribution in [0.2, 0.25) is 0 Å². The summed E-state index contributed by atoms with van der Waals surface area (Å²) in [5.41, 5.74) is 2.39. The van der Waals surface area contributed by atoms with Crippen LogP contribution in [0, 0.1) is 0 Å². The van der Waals surface area contributed by atoms with Crippen molar-refractivity contribution in [3.05, 3.63) is 53.6 Å². The number of carbonyl (C=O) groups excluding carboxylic acids is 2. The molecule has 0 unspecified atom stereocenters. The molecular formula is C23H28N2O4. The van der Waals surface area contributed by atoms with E-state index in [4.69, 9.17) is 9.47 Å². The van der Waals surface area contributed by atoms with E-state index < -0.39 is 0 Å². The standard InChI is InChI=1S/C23H28N2O4/c1-4-28-21-11-8-19(16-22(21)29-5-2)23(27)25-14-12-24(13-15-25)20-9-6-18(7-10-20)17(3)26/h6-11,16H,4-5,12-15H2,1-3H3. The van der Waals surface area contributed by atoms with Gasteiger partial charge >= 0.3 is 0 Å². The fourth-order valence-corrected chi connectivity index (χ4v) is 3.44. The van der Waals surface area contributed by atoms with E-state index in [2.05, 4.69) is 4.90 Å². The van der Waals surface area contributed by atoms with Crippen molar-refractivity contribution in [2.24, 2.45) is 0 Å². The maximum atomic E-state index is 13.0. The third-order valence-corrected chi connectivity index (χ3v) is 5.00. The van der Waals surface area contributed by atoms with Crippen molar-refractivity contribution >= 4 is 17.4 Å². The SMILES string of the molecule is CCOc1ccc(C(=O)N2CCN(c3ccc(C(C)=O)cc3)CC2)cc1OCC. The molecule has 3 rings (SSSR count). The van der Waals surface area contributed by atoms with Crippen LogP contribution in [0.25, 0.3) is 0 Å². The van der Waals surface area contributed by atoms with Crippen molar-refractivity contribution in [1.29, 1.82) is 0 Å². The Balaban J connectivity index is 1.65. The molecule has 0 aromatic heterocycles. The van der Waals surface area contributed by atoms with Crippen molar-refractivity contribution in [1.82, 2.24) is 4.90 Å². The second-order valence-electron chi connectivity index (χ2n) is 6.91. The Morgan fingerprint density at radius 2 is 1.41 bits per heavy atom. The summed E-state index contributed by atoms with van der Waals surface area (Å²) in [6.07, 6.45) is 0. The first-order valence-electron chi connectivity index (χ1n) is 10.1. The molecule has 1 amide bonds. The first kappa shape index (κ1) is 20.7. The Kier molecular flexibility index (Phi) is 6.75. The zero-order valence-corrected chi connectivity index (χ0v) is 17.3. The lowest BCUT2D eigenvalue weighted by molar-refractivity contribution is 0.0746. The van der Waals surface area contributed by atoms with Gasteiger partial charge in [0.25, 0.3) is 5.91 Å². The molecule has 1 aliphatic heterocycles. The lowest BCUT2D eigenvalue weighted by Gasteiger charge is -2.36. The number of amides is 1. The summed E-state index contributed by atoms with van der Waals surface area (Å²) in [5.74, 6) is 1.32. The molecule has 1 heterocycles. The number of nitrogens with zero attached hydrogens (tertiary/aromatic N) is 2. The maximum Gasteiger partial charge on any atom is 0.254 e. The summed E-state index contributed by atoms with van der Waals surface area (Å²) in [4.78, 5) is 28.5. The molecule has 2 aromatic rings. The summed E-state index contributed by atoms with van der Waals surface area (Å²) in [7, 11) is 0. The van der Waals surface area contributed by atoms with Gasteiger partial charge in [-0.05, 0) is 63.2 Å². The van der Waals surface area contributed by atoms with Gasteiger partial charge in [-0.15, -0.1) is 0 Å². The smallest absolute Gasteiger partial charge is 0.254 e. The predicted octanol–water partition coefficient (Wildman–Crippen LogP) is 3.65. The van der Waals surface area contributed by atoms with E-state index in [0.29, 0.717) is 48.9 Å². The first-order chi connectivity index (χ1) is 14.0. The number of Topliss-reactive ketones (excluding diaryl/α,β-unsaturated/α-hetero) is 1. The summed E-state index contributed by atoms with van der Waals surface area (Å²) in [6.45, 7) is 9.24. The van der Waals surface area contributed by atoms with Gasteiger partial charge < -0.3 is 19.3 Å². The Labute approximate surface area is 172 Å². The molecular weight excluding hydrogens is 368 g/mol. The lowest BCUT2D eigenvalue weighted by atomic mass is 10.1. The number of benzene rings is 2. The molecule has 1 saturated heterocycles. The van der Waals surface area contributed by atoms with Gasteiger partial charge in [-0.1, -0.05) is 0 Å². The highest BCUT2D eigenvalue weighted by atomic mass is 16.5. The van der Waals surface area contributed by atoms with Gasteiger partial charge in [-0.2, -0.15) is 0 Å². The third-order valence-electron chi connectivity index (χ3n) is 5.00. The zero-order valence-electron chi connectivity index (χ0n) is 17.3. The highest BCUT2D eigenvalue weighted by molar-refractivity contribution is 5.95. The number of ketones is 1. The average molecular weight is 396 g/mol. The van der Waals surface area contributed by atoms with E-state index in [9.17, 15) is 9.59 Å². The molecule has 6 nitrogen and oxygen atoms in total. The number of rotatable bonds is 7. The minimum Gasteiger partial charge on any atom is -0.490 e. The monoisotopic (exact) mass is 396 g/mol. The van der Waals surface area contributed by atoms with Crippen LogP contribution >= 0.6 is 0 Å². The quantitative estimate of drug-likeness (QED) is 0.669. The summed E-state index contributed by atoms with van der Waals surface area (Å²) < 4.78 is 11.2. The van der Waals surface area contributed by atoms with Crippen LogP contribution in [0.3, 0.4) is 0 Å². The van der Waals surface area contributed by atoms with E-state index in [1.165, 1.54) is 0 Å². The Morgan fingerprint density at radius 3 is 2.00 bits per heavy atom. The van der Waals surface area contributed by atoms with E-state index in [0.717, 1.165) is 18.8 Å². The summed E-state index contributed by atoms with van der Waals surface area (Å²) >= 11 is 0. The second-order valence-corrected chi connectivity index (χ2v) is 6.91. The molecule has 0 saturated carbocycles. The van der Waals surface area contributed by atoms with Crippen molar-refractivity contribution in [2.45, 2.75) is 20.8 Å². The molecule has 0 bridgehead atoms. The largest absolute Gasteiger partial charge is 0.490 e. The summed E-state index contributed by atoms with van der Waals surface area (Å²) in [5, 5.41) is 0. The molecule has 6 heteroatoms. The fraction of sp³-hybridized carbons (Fsp3) is 0.391. The topological polar surface area (TPSA) is 59.1 Å². The summed E-state index contributed by atoms with van der Waals surface area (Å²) in [6, 6.07) is 13.0. The van der Waals surface area contributed by atoms with E-state index >= 15 is 0 Å². The molecule has 0 aliphatic carbocycles. The van der Waals surface area contributed by atoms with Gasteiger partial charge in [0, 0.05) is 43.0 Å². The number of piperazine rings is 1. The number of ether oxygens (including phenoxy) is 2. The highest BCUT2D eigenvalue weighted by Crippen LogP contribution is 2.29. The van der Waals surface area contributed by atoms with Crippen LogP contribution in [0.4, 0.5) is 5.69 Å². The molecule has 29 heavy (non-hydrogen) atoms. The molecule has 0 radical (unpaired) electrons. The third kappa shape index (κ3) is 4.88. The minimum atomic E-state index is 0.000536. The number of carbonyl (C=O) groups is 2. The van der Waals surface area contributed by atoms with Crippen molar-refractivity contribution in [3.63, 3.8) is 0 Å². The van der Waals surface area contributed by atoms with Gasteiger partial charge in [-0.25, -0.2) is 0 Å². The van der Waals surface area contributed by atoms with Gasteiger partial charge in [-0.3, -0.25) is 9.59 Å². The molecule has 1 fully saturated rings. The first-order valence-corrected chi connectivity index (χ1v) is 10.1. The van der Waals surface area contributed by atoms with Crippen LogP contribution < -0.4 is 14.4 Å². The van der Waals surface area contributed by atoms with Gasteiger partial charge in [0.2, 0.25) is 0 Å². The van der Waals surface area contributed by atoms with E-state index in [1.54, 1.807) is 25.1 Å². The Morgan fingerprint density at radius 1 is 0.828 bits per heavy atom. The molecule has 0 atom stereocenters. The minimum absolute atomic E-state index is 0.000536. The van der Waals surface area contributed by atoms with Gasteiger partial charge in [0.15, 0.2) is 17.3 Å². The van der Waals surface area contributed by atoms with Crippen molar-refractivity contribution < 1.29 is 19.1 Å². The molecule has 154 valence electrons. The molecule has 0 N–H and O–H groups in total. The van der Waals surface area contributed by atoms with Crippen LogP contribution in [0.5, 0.6) is 11.5 Å². The number of hydrogen-bond donors (Lipinski definition) is 0. The number of hydrogen-bond acceptors (Lipinski definition) is 5. The lowest BCUT2D eigenvalue weighted by Crippen LogP contribution is -2.48. The molecule has 2 aromatic carbocycles. The van der Waals surface area contributed by atoms with Crippen LogP contribution in [0.1, 0.15) is 41.5 Å². The van der Waals surface area contributed by atoms with E-state index in [1.807, 2.05) is 43.0 Å². The van der Waals surface area contributed by atoms with Gasteiger partial charge in [0.1, 0.15) is 0 Å². The average Bonchev–Trinajstić information content (AvgIpc) is 2.75. The molecule has 0 spiro atoms. The highest BCUT2D eigenvalue weighted by Gasteiger charge is 2.23. The van der Waals surface area contributed by atoms with Crippen LogP contribution in [-0.4, -0.2) is 56.0 Å². The normalized spacial score (nSPS) is 13.9. The maximum absolute atomic E-state index is 13.0. The van der Waals surface area contributed by atoms with Gasteiger partial charge in [0.05, 0.1) is 13.2 Å². The van der Waals surface area contributed by atoms with Crippen molar-refractivity contribution in [3.8, 4) is 11.5 Å². The van der Waals surface area contributed by atoms with Crippen LogP contribution in [0.15, 0.2) is 42.5 Å². The fourth-order valence-electron chi connectivity index (χ4n) is 3.44. The Bertz CT molecular complexity index is 856.